The van der Waals surface area contributed by atoms with Crippen molar-refractivity contribution in [2.75, 3.05) is 13.2 Å². The Morgan fingerprint density at radius 2 is 1.94 bits per heavy atom. The molecule has 0 saturated carbocycles. The summed E-state index contributed by atoms with van der Waals surface area (Å²) in [6.45, 7) is 4.20. The van der Waals surface area contributed by atoms with Crippen LogP contribution >= 0.6 is 0 Å². The molecule has 2 N–H and O–H groups in total. The Hall–Kier alpha value is -3.01. The Morgan fingerprint density at radius 3 is 2.58 bits per heavy atom. The van der Waals surface area contributed by atoms with E-state index in [1.807, 2.05) is 13.8 Å². The van der Waals surface area contributed by atoms with Crippen molar-refractivity contribution in [1.29, 1.82) is 0 Å². The van der Waals surface area contributed by atoms with Crippen LogP contribution in [0, 0.1) is 5.82 Å². The van der Waals surface area contributed by atoms with Crippen LogP contribution in [0.25, 0.3) is 0 Å². The fourth-order valence-electron chi connectivity index (χ4n) is 3.86. The second-order valence-electron chi connectivity index (χ2n) is 8.80. The number of carbonyl (C=O) groups excluding carboxylic acids is 1. The van der Waals surface area contributed by atoms with Gasteiger partial charge in [0.05, 0.1) is 17.3 Å². The lowest BCUT2D eigenvalue weighted by Crippen LogP contribution is -2.33. The topological polar surface area (TPSA) is 86.8 Å². The van der Waals surface area contributed by atoms with E-state index in [0.29, 0.717) is 12.0 Å². The molecule has 1 aromatic heterocycles. The van der Waals surface area contributed by atoms with Crippen LogP contribution in [0.2, 0.25) is 0 Å². The molecule has 0 fully saturated rings. The molecule has 178 valence electrons. The van der Waals surface area contributed by atoms with E-state index in [0.717, 1.165) is 6.20 Å². The van der Waals surface area contributed by atoms with Gasteiger partial charge >= 0.3 is 6.18 Å². The Morgan fingerprint density at radius 1 is 1.21 bits per heavy atom. The number of carbonyl (C=O) groups is 1. The maximum absolute atomic E-state index is 14.8. The van der Waals surface area contributed by atoms with Gasteiger partial charge in [-0.05, 0) is 50.6 Å². The van der Waals surface area contributed by atoms with Crippen molar-refractivity contribution in [3.63, 3.8) is 0 Å². The van der Waals surface area contributed by atoms with Gasteiger partial charge in [-0.25, -0.2) is 9.37 Å². The molecule has 1 atom stereocenters. The fraction of sp³-hybridized carbons (Fsp3) is 0.435. The van der Waals surface area contributed by atoms with Crippen LogP contribution < -0.4 is 10.5 Å². The Kier molecular flexibility index (Phi) is 6.78. The number of hydrogen-bond donors (Lipinski definition) is 1. The van der Waals surface area contributed by atoms with Gasteiger partial charge in [-0.3, -0.25) is 9.79 Å². The first-order valence-electron chi connectivity index (χ1n) is 10.2. The van der Waals surface area contributed by atoms with Crippen LogP contribution in [0.5, 0.6) is 5.75 Å². The summed E-state index contributed by atoms with van der Waals surface area (Å²) in [7, 11) is 0. The van der Waals surface area contributed by atoms with Gasteiger partial charge in [0.2, 0.25) is 0 Å². The largest absolute Gasteiger partial charge is 0.483 e. The molecule has 33 heavy (non-hydrogen) atoms. The SMILES string of the molecule is CC1(C)C[C@@](C)(c2cc(CC(=O)c3ccc(OCC(F)(F)F)cn3)ccc2F)N=C(N)CO1. The molecule has 0 bridgehead atoms. The molecule has 2 heterocycles. The first-order chi connectivity index (χ1) is 15.3. The van der Waals surface area contributed by atoms with E-state index in [2.05, 4.69) is 14.7 Å². The first-order valence-corrected chi connectivity index (χ1v) is 10.2. The van der Waals surface area contributed by atoms with E-state index < -0.39 is 29.7 Å². The highest BCUT2D eigenvalue weighted by molar-refractivity contribution is 5.95. The van der Waals surface area contributed by atoms with Crippen molar-refractivity contribution in [2.45, 2.75) is 50.9 Å². The molecular weight excluding hydrogens is 442 g/mol. The third-order valence-electron chi connectivity index (χ3n) is 5.17. The predicted molar refractivity (Wildman–Crippen MR) is 114 cm³/mol. The molecule has 1 aliphatic heterocycles. The lowest BCUT2D eigenvalue weighted by molar-refractivity contribution is -0.153. The summed E-state index contributed by atoms with van der Waals surface area (Å²) in [6.07, 6.45) is -3.13. The van der Waals surface area contributed by atoms with Gasteiger partial charge in [-0.1, -0.05) is 6.07 Å². The molecule has 2 aromatic rings. The highest BCUT2D eigenvalue weighted by Gasteiger charge is 2.39. The van der Waals surface area contributed by atoms with Crippen molar-refractivity contribution < 1.29 is 31.8 Å². The number of ketones is 1. The average Bonchev–Trinajstić information content (AvgIpc) is 2.82. The minimum absolute atomic E-state index is 0.0534. The van der Waals surface area contributed by atoms with Gasteiger partial charge in [0.1, 0.15) is 29.7 Å². The summed E-state index contributed by atoms with van der Waals surface area (Å²) < 4.78 is 61.9. The van der Waals surface area contributed by atoms with Gasteiger partial charge in [0.25, 0.3) is 0 Å². The van der Waals surface area contributed by atoms with Crippen molar-refractivity contribution >= 4 is 11.6 Å². The molecule has 0 spiro atoms. The molecule has 1 aliphatic rings. The highest BCUT2D eigenvalue weighted by Crippen LogP contribution is 2.39. The molecule has 0 radical (unpaired) electrons. The summed E-state index contributed by atoms with van der Waals surface area (Å²) in [5, 5.41) is 0. The molecule has 10 heteroatoms. The zero-order valence-electron chi connectivity index (χ0n) is 18.5. The molecule has 0 amide bonds. The summed E-state index contributed by atoms with van der Waals surface area (Å²) >= 11 is 0. The minimum Gasteiger partial charge on any atom is -0.483 e. The van der Waals surface area contributed by atoms with Crippen molar-refractivity contribution in [1.82, 2.24) is 4.98 Å². The van der Waals surface area contributed by atoms with E-state index in [9.17, 15) is 22.4 Å². The summed E-state index contributed by atoms with van der Waals surface area (Å²) in [6, 6.07) is 6.87. The lowest BCUT2D eigenvalue weighted by Gasteiger charge is -2.33. The predicted octanol–water partition coefficient (Wildman–Crippen LogP) is 4.36. The van der Waals surface area contributed by atoms with Crippen LogP contribution in [0.4, 0.5) is 17.6 Å². The zero-order valence-corrected chi connectivity index (χ0v) is 18.5. The number of benzene rings is 1. The number of rotatable bonds is 6. The second-order valence-corrected chi connectivity index (χ2v) is 8.80. The van der Waals surface area contributed by atoms with Gasteiger partial charge < -0.3 is 15.2 Å². The number of aromatic nitrogens is 1. The van der Waals surface area contributed by atoms with Crippen LogP contribution in [0.3, 0.4) is 0 Å². The molecule has 1 aromatic carbocycles. The third-order valence-corrected chi connectivity index (χ3v) is 5.17. The second kappa shape index (κ2) is 9.09. The third kappa shape index (κ3) is 6.50. The molecular formula is C23H25F4N3O3. The number of nitrogens with zero attached hydrogens (tertiary/aromatic N) is 2. The molecule has 3 rings (SSSR count). The van der Waals surface area contributed by atoms with Crippen LogP contribution in [0.1, 0.15) is 48.8 Å². The zero-order chi connectivity index (χ0) is 24.4. The van der Waals surface area contributed by atoms with Crippen molar-refractivity contribution in [3.8, 4) is 5.75 Å². The number of nitrogens with two attached hydrogens (primary N) is 1. The summed E-state index contributed by atoms with van der Waals surface area (Å²) in [5.74, 6) is -0.713. The molecule has 0 aliphatic carbocycles. The number of hydrogen-bond acceptors (Lipinski definition) is 6. The van der Waals surface area contributed by atoms with E-state index >= 15 is 0 Å². The Balaban J connectivity index is 1.79. The van der Waals surface area contributed by atoms with Gasteiger partial charge in [-0.2, -0.15) is 13.2 Å². The van der Waals surface area contributed by atoms with Crippen LogP contribution in [0.15, 0.2) is 41.5 Å². The number of ether oxygens (including phenoxy) is 2. The number of pyridine rings is 1. The Bertz CT molecular complexity index is 1050. The van der Waals surface area contributed by atoms with Gasteiger partial charge in [-0.15, -0.1) is 0 Å². The van der Waals surface area contributed by atoms with Crippen molar-refractivity contribution in [2.24, 2.45) is 10.7 Å². The van der Waals surface area contributed by atoms with Gasteiger partial charge in [0.15, 0.2) is 12.4 Å². The minimum atomic E-state index is -4.47. The van der Waals surface area contributed by atoms with E-state index in [4.69, 9.17) is 10.5 Å². The monoisotopic (exact) mass is 467 g/mol. The number of aliphatic imine (C=N–C) groups is 1. The normalized spacial score (nSPS) is 20.6. The van der Waals surface area contributed by atoms with Crippen LogP contribution in [-0.4, -0.2) is 41.6 Å². The maximum atomic E-state index is 14.8. The van der Waals surface area contributed by atoms with E-state index in [-0.39, 0.29) is 41.7 Å². The van der Waals surface area contributed by atoms with Crippen molar-refractivity contribution in [3.05, 3.63) is 59.2 Å². The summed E-state index contributed by atoms with van der Waals surface area (Å²) in [5.41, 5.74) is 5.22. The standard InChI is InChI=1S/C23H25F4N3O3/c1-21(2)12-22(3,30-20(28)11-33-21)16-8-14(4-6-17(16)24)9-19(31)18-7-5-15(10-29-18)32-13-23(25,26)27/h4-8,10H,9,11-13H2,1-3H3,(H2,28,30)/t22-/m0/s1. The molecule has 0 saturated heterocycles. The summed E-state index contributed by atoms with van der Waals surface area (Å²) in [4.78, 5) is 21.0. The number of halogens is 4. The highest BCUT2D eigenvalue weighted by atomic mass is 19.4. The Labute approximate surface area is 188 Å². The smallest absolute Gasteiger partial charge is 0.422 e. The quantitative estimate of drug-likeness (QED) is 0.504. The van der Waals surface area contributed by atoms with E-state index in [1.54, 1.807) is 13.0 Å². The molecule has 0 unspecified atom stereocenters. The van der Waals surface area contributed by atoms with Crippen LogP contribution in [-0.2, 0) is 16.7 Å². The van der Waals surface area contributed by atoms with Gasteiger partial charge in [0, 0.05) is 18.4 Å². The fourth-order valence-corrected chi connectivity index (χ4v) is 3.86. The molecule has 6 nitrogen and oxygen atoms in total. The lowest BCUT2D eigenvalue weighted by atomic mass is 9.81. The first kappa shape index (κ1) is 24.6. The number of amidine groups is 1. The maximum Gasteiger partial charge on any atom is 0.422 e. The number of alkyl halides is 3. The van der Waals surface area contributed by atoms with E-state index in [1.165, 1.54) is 24.3 Å². The number of Topliss-reactive ketones (excluding diaryl/α,β-unsaturated/α-hetero) is 1. The average molecular weight is 467 g/mol.